The molecule has 1 aliphatic carbocycles. The number of carbonyl (C=O) groups is 3. The highest BCUT2D eigenvalue weighted by atomic mass is 32.2. The lowest BCUT2D eigenvalue weighted by atomic mass is 10.1. The van der Waals surface area contributed by atoms with Gasteiger partial charge in [-0.2, -0.15) is 0 Å². The van der Waals surface area contributed by atoms with Crippen molar-refractivity contribution in [2.45, 2.75) is 29.9 Å². The predicted molar refractivity (Wildman–Crippen MR) is 120 cm³/mol. The molecular weight excluding hydrogens is 468 g/mol. The van der Waals surface area contributed by atoms with E-state index < -0.39 is 40.0 Å². The molecule has 11 heteroatoms. The second kappa shape index (κ2) is 9.20. The summed E-state index contributed by atoms with van der Waals surface area (Å²) in [4.78, 5) is 37.7. The van der Waals surface area contributed by atoms with Gasteiger partial charge in [0.1, 0.15) is 5.00 Å². The summed E-state index contributed by atoms with van der Waals surface area (Å²) in [5.74, 6) is -3.02. The fourth-order valence-electron chi connectivity index (χ4n) is 3.66. The van der Waals surface area contributed by atoms with E-state index in [2.05, 4.69) is 5.32 Å². The molecule has 1 aliphatic rings. The minimum Gasteiger partial charge on any atom is -0.457 e. The molecule has 33 heavy (non-hydrogen) atoms. The average molecular weight is 489 g/mol. The maximum Gasteiger partial charge on any atom is 0.375 e. The topological polar surface area (TPSA) is 146 Å². The summed E-state index contributed by atoms with van der Waals surface area (Å²) in [6, 6.07) is 9.17. The largest absolute Gasteiger partial charge is 0.457 e. The van der Waals surface area contributed by atoms with E-state index in [0.29, 0.717) is 10.6 Å². The van der Waals surface area contributed by atoms with Crippen molar-refractivity contribution in [3.63, 3.8) is 0 Å². The molecule has 3 aromatic rings. The molecule has 0 radical (unpaired) electrons. The summed E-state index contributed by atoms with van der Waals surface area (Å²) in [6.07, 6.45) is 3.65. The number of carbonyl (C=O) groups excluding carboxylic acids is 3. The first-order valence-corrected chi connectivity index (χ1v) is 12.5. The zero-order valence-electron chi connectivity index (χ0n) is 17.3. The van der Waals surface area contributed by atoms with Crippen molar-refractivity contribution >= 4 is 44.0 Å². The number of aryl methyl sites for hydroxylation is 1. The Bertz CT molecular complexity index is 1320. The van der Waals surface area contributed by atoms with Gasteiger partial charge in [-0.3, -0.25) is 9.59 Å². The molecule has 9 nitrogen and oxygen atoms in total. The summed E-state index contributed by atoms with van der Waals surface area (Å²) in [7, 11) is -3.71. The fourth-order valence-corrected chi connectivity index (χ4v) is 6.34. The molecule has 0 aliphatic heterocycles. The first-order valence-electron chi connectivity index (χ1n) is 10.0. The predicted octanol–water partition coefficient (Wildman–Crippen LogP) is 2.70. The van der Waals surface area contributed by atoms with Gasteiger partial charge in [0.15, 0.2) is 16.4 Å². The van der Waals surface area contributed by atoms with Crippen molar-refractivity contribution < 1.29 is 32.0 Å². The van der Waals surface area contributed by atoms with Gasteiger partial charge in [0.2, 0.25) is 5.76 Å². The average Bonchev–Trinajstić information content (AvgIpc) is 3.48. The highest BCUT2D eigenvalue weighted by molar-refractivity contribution is 7.90. The third kappa shape index (κ3) is 4.83. The van der Waals surface area contributed by atoms with E-state index in [9.17, 15) is 22.8 Å². The maximum atomic E-state index is 12.6. The lowest BCUT2D eigenvalue weighted by Crippen LogP contribution is -2.23. The van der Waals surface area contributed by atoms with Gasteiger partial charge in [0, 0.05) is 10.4 Å². The number of nitrogens with two attached hydrogens (primary N) is 1. The number of furan rings is 1. The first-order chi connectivity index (χ1) is 15.8. The number of ether oxygens (including phenoxy) is 1. The molecule has 0 saturated carbocycles. The van der Waals surface area contributed by atoms with E-state index in [1.165, 1.54) is 35.8 Å². The standard InChI is InChI=1S/C22H20N2O7S2/c23-20(26)18-15-7-4-8-16(15)32-21(18)24-17(25)11-31-22(27)19-13(9-10-30-19)12-33(28,29)14-5-2-1-3-6-14/h1-3,5-6,9-10H,4,7-8,11-12H2,(H2,23,26)(H,24,25). The monoisotopic (exact) mass is 488 g/mol. The Kier molecular flexibility index (Phi) is 6.34. The van der Waals surface area contributed by atoms with Crippen molar-refractivity contribution in [1.29, 1.82) is 0 Å². The quantitative estimate of drug-likeness (QED) is 0.464. The second-order valence-electron chi connectivity index (χ2n) is 7.40. The number of hydrogen-bond donors (Lipinski definition) is 2. The molecule has 2 aromatic heterocycles. The second-order valence-corrected chi connectivity index (χ2v) is 10.5. The Hall–Kier alpha value is -3.44. The number of hydrogen-bond acceptors (Lipinski definition) is 8. The SMILES string of the molecule is NC(=O)c1c(NC(=O)COC(=O)c2occc2CS(=O)(=O)c2ccccc2)sc2c1CCC2. The number of nitrogens with one attached hydrogen (secondary N) is 1. The Morgan fingerprint density at radius 1 is 1.12 bits per heavy atom. The van der Waals surface area contributed by atoms with Crippen molar-refractivity contribution in [3.05, 3.63) is 70.0 Å². The molecule has 0 saturated heterocycles. The van der Waals surface area contributed by atoms with Crippen LogP contribution in [0.4, 0.5) is 5.00 Å². The summed E-state index contributed by atoms with van der Waals surface area (Å²) in [5.41, 5.74) is 6.75. The van der Waals surface area contributed by atoms with E-state index in [4.69, 9.17) is 14.9 Å². The van der Waals surface area contributed by atoms with Gasteiger partial charge in [-0.25, -0.2) is 13.2 Å². The Morgan fingerprint density at radius 3 is 2.61 bits per heavy atom. The summed E-state index contributed by atoms with van der Waals surface area (Å²) < 4.78 is 35.3. The number of rotatable bonds is 8. The number of thiophene rings is 1. The van der Waals surface area contributed by atoms with Crippen LogP contribution in [0.2, 0.25) is 0 Å². The van der Waals surface area contributed by atoms with Crippen LogP contribution in [0.3, 0.4) is 0 Å². The van der Waals surface area contributed by atoms with Gasteiger partial charge in [-0.1, -0.05) is 18.2 Å². The number of fused-ring (bicyclic) bond motifs is 1. The number of anilines is 1. The van der Waals surface area contributed by atoms with Crippen LogP contribution >= 0.6 is 11.3 Å². The van der Waals surface area contributed by atoms with E-state index in [0.717, 1.165) is 29.7 Å². The molecule has 0 bridgehead atoms. The van der Waals surface area contributed by atoms with Gasteiger partial charge in [0.25, 0.3) is 11.8 Å². The molecule has 3 N–H and O–H groups in total. The van der Waals surface area contributed by atoms with Crippen molar-refractivity contribution in [2.75, 3.05) is 11.9 Å². The van der Waals surface area contributed by atoms with Crippen LogP contribution in [0.15, 0.2) is 52.0 Å². The fraction of sp³-hybridized carbons (Fsp3) is 0.227. The molecule has 0 fully saturated rings. The number of primary amides is 1. The van der Waals surface area contributed by atoms with Gasteiger partial charge in [-0.15, -0.1) is 11.3 Å². The number of amides is 2. The van der Waals surface area contributed by atoms with E-state index in [1.54, 1.807) is 18.2 Å². The van der Waals surface area contributed by atoms with Gasteiger partial charge in [-0.05, 0) is 43.0 Å². The van der Waals surface area contributed by atoms with Crippen LogP contribution in [0.5, 0.6) is 0 Å². The third-order valence-electron chi connectivity index (χ3n) is 5.14. The number of benzene rings is 1. The molecule has 2 amide bonds. The van der Waals surface area contributed by atoms with Crippen molar-refractivity contribution in [2.24, 2.45) is 5.73 Å². The zero-order valence-corrected chi connectivity index (χ0v) is 19.0. The van der Waals surface area contributed by atoms with E-state index in [-0.39, 0.29) is 16.2 Å². The molecule has 0 atom stereocenters. The van der Waals surface area contributed by atoms with Crippen LogP contribution in [-0.2, 0) is 38.0 Å². The molecule has 0 spiro atoms. The highest BCUT2D eigenvalue weighted by Crippen LogP contribution is 2.38. The number of esters is 1. The Morgan fingerprint density at radius 2 is 1.88 bits per heavy atom. The van der Waals surface area contributed by atoms with Crippen LogP contribution < -0.4 is 11.1 Å². The lowest BCUT2D eigenvalue weighted by Gasteiger charge is -2.08. The smallest absolute Gasteiger partial charge is 0.375 e. The van der Waals surface area contributed by atoms with Crippen molar-refractivity contribution in [1.82, 2.24) is 0 Å². The minimum atomic E-state index is -3.71. The molecule has 172 valence electrons. The third-order valence-corrected chi connectivity index (χ3v) is 8.02. The summed E-state index contributed by atoms with van der Waals surface area (Å²) >= 11 is 1.29. The zero-order chi connectivity index (χ0) is 23.6. The minimum absolute atomic E-state index is 0.109. The number of sulfone groups is 1. The maximum absolute atomic E-state index is 12.6. The molecule has 2 heterocycles. The van der Waals surface area contributed by atoms with Gasteiger partial charge < -0.3 is 20.2 Å². The highest BCUT2D eigenvalue weighted by Gasteiger charge is 2.27. The van der Waals surface area contributed by atoms with Crippen LogP contribution in [0, 0.1) is 0 Å². The summed E-state index contributed by atoms with van der Waals surface area (Å²) in [6.45, 7) is -0.648. The van der Waals surface area contributed by atoms with E-state index >= 15 is 0 Å². The Balaban J connectivity index is 1.40. The van der Waals surface area contributed by atoms with Crippen LogP contribution in [-0.4, -0.2) is 32.8 Å². The lowest BCUT2D eigenvalue weighted by molar-refractivity contribution is -0.119. The molecular formula is C22H20N2O7S2. The molecule has 1 aromatic carbocycles. The molecule has 4 rings (SSSR count). The normalized spacial score (nSPS) is 12.8. The van der Waals surface area contributed by atoms with Crippen molar-refractivity contribution in [3.8, 4) is 0 Å². The van der Waals surface area contributed by atoms with Gasteiger partial charge in [0.05, 0.1) is 22.5 Å². The van der Waals surface area contributed by atoms with E-state index in [1.807, 2.05) is 0 Å². The van der Waals surface area contributed by atoms with Crippen LogP contribution in [0.25, 0.3) is 0 Å². The summed E-state index contributed by atoms with van der Waals surface area (Å²) in [5, 5.41) is 2.91. The Labute approximate surface area is 193 Å². The van der Waals surface area contributed by atoms with Gasteiger partial charge >= 0.3 is 5.97 Å². The first kappa shape index (κ1) is 22.7. The van der Waals surface area contributed by atoms with Crippen LogP contribution in [0.1, 0.15) is 43.3 Å². The molecule has 0 unspecified atom stereocenters.